The van der Waals surface area contributed by atoms with Crippen LogP contribution in [0.1, 0.15) is 23.1 Å². The number of carbonyl (C=O) groups is 1. The lowest BCUT2D eigenvalue weighted by Gasteiger charge is -2.19. The highest BCUT2D eigenvalue weighted by Gasteiger charge is 2.16. The molecule has 2 aromatic carbocycles. The molecule has 0 spiro atoms. The molecule has 3 rings (SSSR count). The molecule has 0 aromatic heterocycles. The van der Waals surface area contributed by atoms with Gasteiger partial charge in [0.05, 0.1) is 0 Å². The maximum absolute atomic E-state index is 13.4. The van der Waals surface area contributed by atoms with E-state index in [9.17, 15) is 9.18 Å². The zero-order chi connectivity index (χ0) is 18.5. The third-order valence-electron chi connectivity index (χ3n) is 4.61. The Labute approximate surface area is 154 Å². The van der Waals surface area contributed by atoms with Crippen LogP contribution in [0.5, 0.6) is 5.75 Å². The molecule has 0 radical (unpaired) electrons. The lowest BCUT2D eigenvalue weighted by atomic mass is 10.0. The van der Waals surface area contributed by atoms with Gasteiger partial charge < -0.3 is 9.64 Å². The van der Waals surface area contributed by atoms with Gasteiger partial charge in [-0.25, -0.2) is 4.39 Å². The van der Waals surface area contributed by atoms with Crippen molar-refractivity contribution in [1.82, 2.24) is 9.80 Å². The van der Waals surface area contributed by atoms with Gasteiger partial charge in [0, 0.05) is 45.7 Å². The molecule has 0 saturated carbocycles. The summed E-state index contributed by atoms with van der Waals surface area (Å²) >= 11 is 0. The highest BCUT2D eigenvalue weighted by Crippen LogP contribution is 2.26. The quantitative estimate of drug-likeness (QED) is 0.825. The van der Waals surface area contributed by atoms with Crippen LogP contribution in [0.25, 0.3) is 0 Å². The summed E-state index contributed by atoms with van der Waals surface area (Å²) in [6, 6.07) is 12.9. The van der Waals surface area contributed by atoms with E-state index in [4.69, 9.17) is 4.74 Å². The average molecular weight is 356 g/mol. The van der Waals surface area contributed by atoms with Crippen LogP contribution < -0.4 is 4.74 Å². The number of benzene rings is 2. The minimum atomic E-state index is -0.207. The highest BCUT2D eigenvalue weighted by atomic mass is 19.1. The van der Waals surface area contributed by atoms with E-state index >= 15 is 0 Å². The summed E-state index contributed by atoms with van der Waals surface area (Å²) in [5.74, 6) is 0.820. The van der Waals surface area contributed by atoms with E-state index in [0.29, 0.717) is 26.0 Å². The lowest BCUT2D eigenvalue weighted by molar-refractivity contribution is -0.128. The second kappa shape index (κ2) is 8.32. The highest BCUT2D eigenvalue weighted by molar-refractivity contribution is 5.75. The van der Waals surface area contributed by atoms with Crippen LogP contribution in [0.3, 0.4) is 0 Å². The minimum Gasteiger partial charge on any atom is -0.492 e. The van der Waals surface area contributed by atoms with E-state index in [0.717, 1.165) is 35.5 Å². The van der Waals surface area contributed by atoms with E-state index in [1.165, 1.54) is 6.07 Å². The van der Waals surface area contributed by atoms with Crippen molar-refractivity contribution < 1.29 is 13.9 Å². The molecule has 0 saturated heterocycles. The number of hydrogen-bond acceptors (Lipinski definition) is 3. The zero-order valence-corrected chi connectivity index (χ0v) is 15.4. The van der Waals surface area contributed by atoms with Gasteiger partial charge in [-0.05, 0) is 35.7 Å². The first-order chi connectivity index (χ1) is 12.5. The summed E-state index contributed by atoms with van der Waals surface area (Å²) in [4.78, 5) is 15.7. The molecule has 26 heavy (non-hydrogen) atoms. The fourth-order valence-electron chi connectivity index (χ4n) is 3.16. The van der Waals surface area contributed by atoms with Crippen molar-refractivity contribution in [3.8, 4) is 5.75 Å². The van der Waals surface area contributed by atoms with Crippen molar-refractivity contribution in [2.45, 2.75) is 25.9 Å². The topological polar surface area (TPSA) is 32.8 Å². The summed E-state index contributed by atoms with van der Waals surface area (Å²) < 4.78 is 19.3. The number of ether oxygens (including phenoxy) is 1. The van der Waals surface area contributed by atoms with Crippen LogP contribution in [0, 0.1) is 5.82 Å². The number of halogens is 1. The maximum Gasteiger partial charge on any atom is 0.222 e. The molecule has 2 aromatic rings. The Morgan fingerprint density at radius 2 is 2.04 bits per heavy atom. The molecule has 1 aliphatic rings. The first kappa shape index (κ1) is 18.4. The van der Waals surface area contributed by atoms with E-state index in [1.807, 2.05) is 18.2 Å². The van der Waals surface area contributed by atoms with Crippen LogP contribution >= 0.6 is 0 Å². The van der Waals surface area contributed by atoms with Crippen LogP contribution in [0.15, 0.2) is 42.5 Å². The van der Waals surface area contributed by atoms with Gasteiger partial charge >= 0.3 is 0 Å². The molecule has 0 fully saturated rings. The SMILES string of the molecule is CN(C)C(=O)CCc1ccc2c(c1)CN(Cc1cccc(F)c1)CCO2. The van der Waals surface area contributed by atoms with Gasteiger partial charge in [-0.1, -0.05) is 24.3 Å². The van der Waals surface area contributed by atoms with Crippen molar-refractivity contribution in [1.29, 1.82) is 0 Å². The molecule has 0 atom stereocenters. The molecule has 138 valence electrons. The number of carbonyl (C=O) groups excluding carboxylic acids is 1. The molecular weight excluding hydrogens is 331 g/mol. The van der Waals surface area contributed by atoms with Crippen molar-refractivity contribution in [3.63, 3.8) is 0 Å². The number of rotatable bonds is 5. The second-order valence-electron chi connectivity index (χ2n) is 6.92. The lowest BCUT2D eigenvalue weighted by Crippen LogP contribution is -2.25. The third-order valence-corrected chi connectivity index (χ3v) is 4.61. The number of amides is 1. The Hall–Kier alpha value is -2.40. The fraction of sp³-hybridized carbons (Fsp3) is 0.381. The zero-order valence-electron chi connectivity index (χ0n) is 15.4. The molecule has 0 unspecified atom stereocenters. The summed E-state index contributed by atoms with van der Waals surface area (Å²) in [5.41, 5.74) is 3.21. The summed E-state index contributed by atoms with van der Waals surface area (Å²) in [5, 5.41) is 0. The average Bonchev–Trinajstić information content (AvgIpc) is 2.80. The Morgan fingerprint density at radius 3 is 2.81 bits per heavy atom. The largest absolute Gasteiger partial charge is 0.492 e. The molecule has 1 heterocycles. The number of fused-ring (bicyclic) bond motifs is 1. The first-order valence-corrected chi connectivity index (χ1v) is 8.93. The van der Waals surface area contributed by atoms with E-state index in [-0.39, 0.29) is 11.7 Å². The third kappa shape index (κ3) is 4.82. The van der Waals surface area contributed by atoms with Gasteiger partial charge in [0.2, 0.25) is 5.91 Å². The molecule has 0 aliphatic carbocycles. The van der Waals surface area contributed by atoms with Gasteiger partial charge in [0.1, 0.15) is 18.2 Å². The summed E-state index contributed by atoms with van der Waals surface area (Å²) in [6.45, 7) is 2.84. The Bertz CT molecular complexity index is 776. The molecule has 1 amide bonds. The van der Waals surface area contributed by atoms with Crippen LogP contribution in [-0.4, -0.2) is 43.0 Å². The Kier molecular flexibility index (Phi) is 5.89. The summed E-state index contributed by atoms with van der Waals surface area (Å²) in [6.07, 6.45) is 1.22. The van der Waals surface area contributed by atoms with E-state index in [2.05, 4.69) is 11.0 Å². The van der Waals surface area contributed by atoms with E-state index < -0.39 is 0 Å². The van der Waals surface area contributed by atoms with Gasteiger partial charge in [-0.3, -0.25) is 9.69 Å². The van der Waals surface area contributed by atoms with Crippen molar-refractivity contribution in [2.75, 3.05) is 27.2 Å². The van der Waals surface area contributed by atoms with Crippen molar-refractivity contribution in [3.05, 3.63) is 65.0 Å². The van der Waals surface area contributed by atoms with Gasteiger partial charge in [-0.2, -0.15) is 0 Å². The standard InChI is InChI=1S/C21H25FN2O2/c1-23(2)21(25)9-7-16-6-8-20-18(12-16)15-24(10-11-26-20)14-17-4-3-5-19(22)13-17/h3-6,8,12-13H,7,9-11,14-15H2,1-2H3. The molecule has 4 nitrogen and oxygen atoms in total. The Morgan fingerprint density at radius 1 is 1.19 bits per heavy atom. The minimum absolute atomic E-state index is 0.129. The number of hydrogen-bond donors (Lipinski definition) is 0. The normalized spacial score (nSPS) is 14.3. The van der Waals surface area contributed by atoms with Crippen LogP contribution in [0.4, 0.5) is 4.39 Å². The maximum atomic E-state index is 13.4. The predicted octanol–water partition coefficient (Wildman–Crippen LogP) is 3.24. The first-order valence-electron chi connectivity index (χ1n) is 8.93. The second-order valence-corrected chi connectivity index (χ2v) is 6.92. The van der Waals surface area contributed by atoms with E-state index in [1.54, 1.807) is 31.1 Å². The van der Waals surface area contributed by atoms with Gasteiger partial charge in [0.15, 0.2) is 0 Å². The van der Waals surface area contributed by atoms with Crippen LogP contribution in [0.2, 0.25) is 0 Å². The fourth-order valence-corrected chi connectivity index (χ4v) is 3.16. The van der Waals surface area contributed by atoms with Crippen molar-refractivity contribution >= 4 is 5.91 Å². The summed E-state index contributed by atoms with van der Waals surface area (Å²) in [7, 11) is 3.55. The molecule has 0 bridgehead atoms. The smallest absolute Gasteiger partial charge is 0.222 e. The molecule has 5 heteroatoms. The number of nitrogens with zero attached hydrogens (tertiary/aromatic N) is 2. The molecule has 0 N–H and O–H groups in total. The molecule has 1 aliphatic heterocycles. The van der Waals surface area contributed by atoms with Crippen molar-refractivity contribution in [2.24, 2.45) is 0 Å². The predicted molar refractivity (Wildman–Crippen MR) is 99.5 cm³/mol. The number of aryl methyl sites for hydroxylation is 1. The van der Waals surface area contributed by atoms with Crippen LogP contribution in [-0.2, 0) is 24.3 Å². The Balaban J connectivity index is 1.69. The monoisotopic (exact) mass is 356 g/mol. The van der Waals surface area contributed by atoms with Gasteiger partial charge in [0.25, 0.3) is 0 Å². The van der Waals surface area contributed by atoms with Gasteiger partial charge in [-0.15, -0.1) is 0 Å². The molecular formula is C21H25FN2O2.